The topological polar surface area (TPSA) is 110 Å². The number of rotatable bonds is 5. The Kier molecular flexibility index (Phi) is 5.70. The Morgan fingerprint density at radius 1 is 1.09 bits per heavy atom. The van der Waals surface area contributed by atoms with Gasteiger partial charge in [-0.05, 0) is 35.8 Å². The van der Waals surface area contributed by atoms with E-state index in [-0.39, 0.29) is 19.8 Å². The quantitative estimate of drug-likeness (QED) is 0.636. The second-order valence-corrected chi connectivity index (χ2v) is 8.99. The van der Waals surface area contributed by atoms with Crippen LogP contribution >= 0.6 is 0 Å². The Hall–Kier alpha value is -3.66. The molecule has 2 aromatic carbocycles. The van der Waals surface area contributed by atoms with Crippen LogP contribution in [0.15, 0.2) is 60.2 Å². The maximum atomic E-state index is 13.2. The molecule has 0 saturated carbocycles. The largest absolute Gasteiger partial charge is 0.448 e. The Morgan fingerprint density at radius 3 is 2.47 bits per heavy atom. The van der Waals surface area contributed by atoms with Gasteiger partial charge < -0.3 is 9.47 Å². The minimum Gasteiger partial charge on any atom is -0.448 e. The molecule has 2 aliphatic heterocycles. The molecule has 10 heteroatoms. The number of benzene rings is 2. The summed E-state index contributed by atoms with van der Waals surface area (Å²) in [5.41, 5.74) is 1.93. The number of hydrogen-bond acceptors (Lipinski definition) is 7. The molecule has 1 fully saturated rings. The van der Waals surface area contributed by atoms with E-state index in [1.807, 2.05) is 0 Å². The predicted molar refractivity (Wildman–Crippen MR) is 115 cm³/mol. The van der Waals surface area contributed by atoms with Crippen molar-refractivity contribution in [3.63, 3.8) is 0 Å². The number of fused-ring (bicyclic) bond motifs is 1. The molecule has 1 atom stereocenters. The number of sulfonamides is 1. The predicted octanol–water partition coefficient (Wildman–Crippen LogP) is 2.92. The second-order valence-electron chi connectivity index (χ2n) is 7.31. The molecule has 1 saturated heterocycles. The fraction of sp³-hybridized carbons (Fsp3) is 0.227. The van der Waals surface area contributed by atoms with Crippen LogP contribution in [-0.2, 0) is 30.9 Å². The van der Waals surface area contributed by atoms with E-state index in [2.05, 4.69) is 0 Å². The number of imide groups is 1. The van der Waals surface area contributed by atoms with E-state index in [9.17, 15) is 22.8 Å². The van der Waals surface area contributed by atoms with Crippen LogP contribution in [0.1, 0.15) is 18.1 Å². The average molecular weight is 456 g/mol. The van der Waals surface area contributed by atoms with Gasteiger partial charge in [0.1, 0.15) is 6.61 Å². The Morgan fingerprint density at radius 2 is 1.78 bits per heavy atom. The lowest BCUT2D eigenvalue weighted by Gasteiger charge is -2.36. The summed E-state index contributed by atoms with van der Waals surface area (Å²) in [5.74, 6) is -0.515. The van der Waals surface area contributed by atoms with Gasteiger partial charge in [0, 0.05) is 0 Å². The van der Waals surface area contributed by atoms with Crippen LogP contribution < -0.4 is 4.31 Å². The lowest BCUT2D eigenvalue weighted by molar-refractivity contribution is -0.125. The minimum atomic E-state index is -4.58. The Bertz CT molecular complexity index is 1190. The van der Waals surface area contributed by atoms with E-state index in [0.29, 0.717) is 22.4 Å². The zero-order valence-electron chi connectivity index (χ0n) is 17.1. The third-order valence-electron chi connectivity index (χ3n) is 5.25. The van der Waals surface area contributed by atoms with E-state index >= 15 is 0 Å². The average Bonchev–Trinajstić information content (AvgIpc) is 3.10. The van der Waals surface area contributed by atoms with Crippen LogP contribution in [0.3, 0.4) is 0 Å². The summed E-state index contributed by atoms with van der Waals surface area (Å²) < 4.78 is 37.3. The standard InChI is InChI=1S/C22H20N2O7S/c1-15-18(12-23-20(25)14-30-21(23)26)11-17-9-5-6-10-19(17)24(15)32(28,29)22(27)31-13-16-7-3-2-4-8-16/h2-11,15H,12-14H2,1H3/t15-/m1/s1. The van der Waals surface area contributed by atoms with Gasteiger partial charge in [-0.3, -0.25) is 9.10 Å². The lowest BCUT2D eigenvalue weighted by Crippen LogP contribution is -2.47. The van der Waals surface area contributed by atoms with Crippen LogP contribution in [0.2, 0.25) is 0 Å². The lowest BCUT2D eigenvalue weighted by atomic mass is 9.98. The van der Waals surface area contributed by atoms with Gasteiger partial charge in [-0.15, -0.1) is 0 Å². The normalized spacial score (nSPS) is 18.2. The van der Waals surface area contributed by atoms with Crippen molar-refractivity contribution in [1.82, 2.24) is 4.90 Å². The van der Waals surface area contributed by atoms with Crippen LogP contribution in [0, 0.1) is 0 Å². The van der Waals surface area contributed by atoms with Crippen molar-refractivity contribution in [3.05, 3.63) is 71.3 Å². The van der Waals surface area contributed by atoms with Gasteiger partial charge in [-0.2, -0.15) is 8.42 Å². The fourth-order valence-electron chi connectivity index (χ4n) is 3.59. The number of anilines is 1. The Balaban J connectivity index is 1.63. The van der Waals surface area contributed by atoms with E-state index < -0.39 is 33.4 Å². The molecule has 0 bridgehead atoms. The van der Waals surface area contributed by atoms with Gasteiger partial charge >= 0.3 is 21.4 Å². The molecule has 2 amide bonds. The van der Waals surface area contributed by atoms with Crippen molar-refractivity contribution in [3.8, 4) is 0 Å². The van der Waals surface area contributed by atoms with Crippen molar-refractivity contribution >= 4 is 39.1 Å². The molecule has 166 valence electrons. The van der Waals surface area contributed by atoms with Crippen LogP contribution in [0.5, 0.6) is 0 Å². The van der Waals surface area contributed by atoms with Crippen molar-refractivity contribution in [1.29, 1.82) is 0 Å². The number of amides is 2. The van der Waals surface area contributed by atoms with Gasteiger partial charge in [-0.1, -0.05) is 48.5 Å². The molecule has 2 heterocycles. The third-order valence-corrected chi connectivity index (χ3v) is 6.82. The summed E-state index contributed by atoms with van der Waals surface area (Å²) >= 11 is 0. The van der Waals surface area contributed by atoms with Gasteiger partial charge in [0.2, 0.25) is 0 Å². The highest BCUT2D eigenvalue weighted by Crippen LogP contribution is 2.36. The maximum absolute atomic E-state index is 13.2. The van der Waals surface area contributed by atoms with Crippen LogP contribution in [0.25, 0.3) is 6.08 Å². The smallest absolute Gasteiger partial charge is 0.445 e. The molecule has 2 aliphatic rings. The van der Waals surface area contributed by atoms with E-state index in [1.165, 1.54) is 0 Å². The summed E-state index contributed by atoms with van der Waals surface area (Å²) in [4.78, 5) is 37.4. The summed E-state index contributed by atoms with van der Waals surface area (Å²) in [6.07, 6.45) is 0.916. The van der Waals surface area contributed by atoms with Crippen LogP contribution in [0.4, 0.5) is 15.3 Å². The van der Waals surface area contributed by atoms with Crippen molar-refractivity contribution in [2.45, 2.75) is 19.6 Å². The van der Waals surface area contributed by atoms with Crippen LogP contribution in [-0.4, -0.2) is 49.8 Å². The summed E-state index contributed by atoms with van der Waals surface area (Å²) in [7, 11) is -4.58. The third kappa shape index (κ3) is 3.96. The highest BCUT2D eigenvalue weighted by Gasteiger charge is 2.41. The zero-order valence-corrected chi connectivity index (χ0v) is 17.9. The molecule has 0 radical (unpaired) electrons. The molecule has 0 spiro atoms. The summed E-state index contributed by atoms with van der Waals surface area (Å²) in [6.45, 7) is 0.873. The van der Waals surface area contributed by atoms with Gasteiger partial charge in [0.15, 0.2) is 6.61 Å². The number of ether oxygens (including phenoxy) is 2. The zero-order chi connectivity index (χ0) is 22.9. The van der Waals surface area contributed by atoms with Gasteiger partial charge in [0.25, 0.3) is 5.91 Å². The molecule has 32 heavy (non-hydrogen) atoms. The monoisotopic (exact) mass is 456 g/mol. The number of hydrogen-bond donors (Lipinski definition) is 0. The first kappa shape index (κ1) is 21.6. The number of carbonyl (C=O) groups is 3. The maximum Gasteiger partial charge on any atom is 0.445 e. The molecule has 9 nitrogen and oxygen atoms in total. The molecule has 4 rings (SSSR count). The summed E-state index contributed by atoms with van der Waals surface area (Å²) in [5, 5.41) is -1.39. The van der Waals surface area contributed by atoms with Crippen molar-refractivity contribution in [2.24, 2.45) is 0 Å². The SMILES string of the molecule is C[C@@H]1C(CN2C(=O)COC2=O)=Cc2ccccc2N1S(=O)(=O)C(=O)OCc1ccccc1. The molecular formula is C22H20N2O7S. The van der Waals surface area contributed by atoms with E-state index in [1.54, 1.807) is 67.6 Å². The first-order valence-electron chi connectivity index (χ1n) is 9.81. The van der Waals surface area contributed by atoms with E-state index in [4.69, 9.17) is 9.47 Å². The molecule has 0 N–H and O–H groups in total. The molecular weight excluding hydrogens is 436 g/mol. The molecule has 0 aromatic heterocycles. The fourth-order valence-corrected chi connectivity index (χ4v) is 4.94. The summed E-state index contributed by atoms with van der Waals surface area (Å²) in [6, 6.07) is 14.5. The Labute approximate surface area is 184 Å². The van der Waals surface area contributed by atoms with Gasteiger partial charge in [-0.25, -0.2) is 14.5 Å². The second kappa shape index (κ2) is 8.46. The van der Waals surface area contributed by atoms with Crippen molar-refractivity contribution < 1.29 is 32.3 Å². The number of carbonyl (C=O) groups excluding carboxylic acids is 3. The molecule has 2 aromatic rings. The van der Waals surface area contributed by atoms with Gasteiger partial charge in [0.05, 0.1) is 18.3 Å². The first-order valence-corrected chi connectivity index (χ1v) is 11.2. The number of nitrogens with zero attached hydrogens (tertiary/aromatic N) is 2. The molecule has 0 unspecified atom stereocenters. The van der Waals surface area contributed by atoms with Crippen molar-refractivity contribution in [2.75, 3.05) is 17.5 Å². The van der Waals surface area contributed by atoms with E-state index in [0.717, 1.165) is 9.21 Å². The molecule has 0 aliphatic carbocycles. The minimum absolute atomic E-state index is 0.155. The highest BCUT2D eigenvalue weighted by atomic mass is 32.2. The number of cyclic esters (lactones) is 1. The highest BCUT2D eigenvalue weighted by molar-refractivity contribution is 8.06. The number of para-hydroxylation sites is 1. The first-order chi connectivity index (χ1) is 15.3.